The molecular weight excluding hydrogens is 300 g/mol. The molecule has 0 N–H and O–H groups in total. The Labute approximate surface area is 144 Å². The van der Waals surface area contributed by atoms with Crippen molar-refractivity contribution < 1.29 is 4.79 Å². The number of benzene rings is 1. The summed E-state index contributed by atoms with van der Waals surface area (Å²) in [5.74, 6) is 0.798. The van der Waals surface area contributed by atoms with E-state index in [9.17, 15) is 10.1 Å². The average Bonchev–Trinajstić information content (AvgIpc) is 2.96. The molecule has 2 atom stereocenters. The van der Waals surface area contributed by atoms with Crippen LogP contribution < -0.4 is 0 Å². The predicted octanol–water partition coefficient (Wildman–Crippen LogP) is 1.54. The van der Waals surface area contributed by atoms with Gasteiger partial charge >= 0.3 is 0 Å². The summed E-state index contributed by atoms with van der Waals surface area (Å²) in [6.45, 7) is 10.6. The van der Waals surface area contributed by atoms with Gasteiger partial charge in [-0.15, -0.1) is 0 Å². The van der Waals surface area contributed by atoms with Crippen LogP contribution in [0.5, 0.6) is 0 Å². The van der Waals surface area contributed by atoms with Crippen molar-refractivity contribution in [2.75, 3.05) is 39.3 Å². The van der Waals surface area contributed by atoms with Crippen LogP contribution in [-0.2, 0) is 11.3 Å². The van der Waals surface area contributed by atoms with Gasteiger partial charge in [-0.2, -0.15) is 5.26 Å². The SMILES string of the molecule is CC(=O)N1CCN([C@H]2CN(Cc3ccccc3C#N)C[C@H]2C)CC1. The van der Waals surface area contributed by atoms with Crippen LogP contribution in [0.4, 0.5) is 0 Å². The van der Waals surface area contributed by atoms with Crippen molar-refractivity contribution >= 4 is 5.91 Å². The van der Waals surface area contributed by atoms with Gasteiger partial charge in [0, 0.05) is 58.8 Å². The molecule has 0 aliphatic carbocycles. The van der Waals surface area contributed by atoms with Crippen molar-refractivity contribution in [3.05, 3.63) is 35.4 Å². The van der Waals surface area contributed by atoms with Crippen LogP contribution in [0.1, 0.15) is 25.0 Å². The second-order valence-electron chi connectivity index (χ2n) is 7.05. The fraction of sp³-hybridized carbons (Fsp3) is 0.579. The molecule has 5 heteroatoms. The summed E-state index contributed by atoms with van der Waals surface area (Å²) in [5, 5.41) is 9.26. The van der Waals surface area contributed by atoms with Crippen molar-refractivity contribution in [2.45, 2.75) is 26.4 Å². The molecule has 0 spiro atoms. The molecule has 0 radical (unpaired) electrons. The molecule has 5 nitrogen and oxygen atoms in total. The Bertz CT molecular complexity index is 630. The molecule has 1 aromatic carbocycles. The van der Waals surface area contributed by atoms with Crippen LogP contribution in [0.25, 0.3) is 0 Å². The molecule has 2 aliphatic rings. The third-order valence-corrected chi connectivity index (χ3v) is 5.41. The Kier molecular flexibility index (Phi) is 5.17. The Morgan fingerprint density at radius 3 is 2.58 bits per heavy atom. The van der Waals surface area contributed by atoms with Gasteiger partial charge in [0.15, 0.2) is 0 Å². The number of hydrogen-bond acceptors (Lipinski definition) is 4. The minimum atomic E-state index is 0.184. The summed E-state index contributed by atoms with van der Waals surface area (Å²) >= 11 is 0. The van der Waals surface area contributed by atoms with Crippen LogP contribution in [0.2, 0.25) is 0 Å². The highest BCUT2D eigenvalue weighted by Gasteiger charge is 2.35. The monoisotopic (exact) mass is 326 g/mol. The number of carbonyl (C=O) groups excluding carboxylic acids is 1. The zero-order valence-electron chi connectivity index (χ0n) is 14.6. The van der Waals surface area contributed by atoms with E-state index in [0.29, 0.717) is 12.0 Å². The van der Waals surface area contributed by atoms with E-state index in [0.717, 1.165) is 56.9 Å². The van der Waals surface area contributed by atoms with E-state index in [1.807, 2.05) is 23.1 Å². The summed E-state index contributed by atoms with van der Waals surface area (Å²) in [6.07, 6.45) is 0. The number of hydrogen-bond donors (Lipinski definition) is 0. The van der Waals surface area contributed by atoms with Crippen LogP contribution in [0.3, 0.4) is 0 Å². The van der Waals surface area contributed by atoms with Gasteiger partial charge in [0.25, 0.3) is 0 Å². The highest BCUT2D eigenvalue weighted by Crippen LogP contribution is 2.25. The molecule has 0 aromatic heterocycles. The largest absolute Gasteiger partial charge is 0.340 e. The lowest BCUT2D eigenvalue weighted by atomic mass is 10.0. The summed E-state index contributed by atoms with van der Waals surface area (Å²) in [5.41, 5.74) is 1.90. The number of rotatable bonds is 3. The van der Waals surface area contributed by atoms with Gasteiger partial charge in [-0.05, 0) is 17.5 Å². The van der Waals surface area contributed by atoms with Gasteiger partial charge in [-0.3, -0.25) is 14.6 Å². The van der Waals surface area contributed by atoms with E-state index in [4.69, 9.17) is 0 Å². The fourth-order valence-corrected chi connectivity index (χ4v) is 4.03. The lowest BCUT2D eigenvalue weighted by Crippen LogP contribution is -2.53. The highest BCUT2D eigenvalue weighted by molar-refractivity contribution is 5.73. The lowest BCUT2D eigenvalue weighted by Gasteiger charge is -2.39. The third-order valence-electron chi connectivity index (χ3n) is 5.41. The van der Waals surface area contributed by atoms with Crippen molar-refractivity contribution in [1.82, 2.24) is 14.7 Å². The number of amides is 1. The molecule has 2 saturated heterocycles. The first-order valence-corrected chi connectivity index (χ1v) is 8.78. The van der Waals surface area contributed by atoms with E-state index in [1.165, 1.54) is 0 Å². The first kappa shape index (κ1) is 16.9. The number of likely N-dealkylation sites (tertiary alicyclic amines) is 1. The van der Waals surface area contributed by atoms with E-state index in [-0.39, 0.29) is 5.91 Å². The molecule has 2 aliphatic heterocycles. The maximum Gasteiger partial charge on any atom is 0.219 e. The quantitative estimate of drug-likeness (QED) is 0.845. The number of nitriles is 1. The lowest BCUT2D eigenvalue weighted by molar-refractivity contribution is -0.130. The average molecular weight is 326 g/mol. The van der Waals surface area contributed by atoms with Gasteiger partial charge < -0.3 is 4.90 Å². The van der Waals surface area contributed by atoms with E-state index in [2.05, 4.69) is 28.9 Å². The first-order valence-electron chi connectivity index (χ1n) is 8.78. The van der Waals surface area contributed by atoms with Crippen LogP contribution >= 0.6 is 0 Å². The molecule has 0 bridgehead atoms. The third kappa shape index (κ3) is 3.61. The van der Waals surface area contributed by atoms with Crippen LogP contribution in [-0.4, -0.2) is 65.9 Å². The molecule has 0 saturated carbocycles. The summed E-state index contributed by atoms with van der Waals surface area (Å²) in [6, 6.07) is 10.7. The highest BCUT2D eigenvalue weighted by atomic mass is 16.2. The number of carbonyl (C=O) groups is 1. The molecule has 2 fully saturated rings. The molecular formula is C19H26N4O. The summed E-state index contributed by atoms with van der Waals surface area (Å²) < 4.78 is 0. The fourth-order valence-electron chi connectivity index (χ4n) is 4.03. The second kappa shape index (κ2) is 7.33. The normalized spacial score (nSPS) is 25.6. The zero-order valence-corrected chi connectivity index (χ0v) is 14.6. The van der Waals surface area contributed by atoms with E-state index < -0.39 is 0 Å². The van der Waals surface area contributed by atoms with Crippen molar-refractivity contribution in [3.8, 4) is 6.07 Å². The standard InChI is InChI=1S/C19H26N4O/c1-15-12-21(13-18-6-4-3-5-17(18)11-20)14-19(15)23-9-7-22(8-10-23)16(2)24/h3-6,15,19H,7-10,12-14H2,1-2H3/t15-,19+/m1/s1. The van der Waals surface area contributed by atoms with Gasteiger partial charge in [0.05, 0.1) is 11.6 Å². The number of nitrogens with zero attached hydrogens (tertiary/aromatic N) is 4. The van der Waals surface area contributed by atoms with Gasteiger partial charge in [-0.1, -0.05) is 25.1 Å². The maximum absolute atomic E-state index is 11.5. The minimum absolute atomic E-state index is 0.184. The van der Waals surface area contributed by atoms with Crippen LogP contribution in [0, 0.1) is 17.2 Å². The Morgan fingerprint density at radius 2 is 1.92 bits per heavy atom. The topological polar surface area (TPSA) is 50.6 Å². The van der Waals surface area contributed by atoms with Crippen molar-refractivity contribution in [3.63, 3.8) is 0 Å². The molecule has 24 heavy (non-hydrogen) atoms. The van der Waals surface area contributed by atoms with Crippen molar-refractivity contribution in [2.24, 2.45) is 5.92 Å². The smallest absolute Gasteiger partial charge is 0.219 e. The summed E-state index contributed by atoms with van der Waals surface area (Å²) in [7, 11) is 0. The van der Waals surface area contributed by atoms with Gasteiger partial charge in [0.1, 0.15) is 0 Å². The Balaban J connectivity index is 1.59. The van der Waals surface area contributed by atoms with E-state index in [1.54, 1.807) is 6.92 Å². The maximum atomic E-state index is 11.5. The van der Waals surface area contributed by atoms with Gasteiger partial charge in [0.2, 0.25) is 5.91 Å². The molecule has 3 rings (SSSR count). The molecule has 0 unspecified atom stereocenters. The van der Waals surface area contributed by atoms with Crippen LogP contribution in [0.15, 0.2) is 24.3 Å². The van der Waals surface area contributed by atoms with Crippen molar-refractivity contribution in [1.29, 1.82) is 5.26 Å². The summed E-state index contributed by atoms with van der Waals surface area (Å²) in [4.78, 5) is 18.4. The molecule has 1 amide bonds. The molecule has 1 aromatic rings. The molecule has 128 valence electrons. The second-order valence-corrected chi connectivity index (χ2v) is 7.05. The zero-order chi connectivity index (χ0) is 17.1. The Hall–Kier alpha value is -1.90. The minimum Gasteiger partial charge on any atom is -0.340 e. The molecule has 2 heterocycles. The van der Waals surface area contributed by atoms with Gasteiger partial charge in [-0.25, -0.2) is 0 Å². The predicted molar refractivity (Wildman–Crippen MR) is 93.2 cm³/mol. The Morgan fingerprint density at radius 1 is 1.21 bits per heavy atom. The first-order chi connectivity index (χ1) is 11.6. The number of piperazine rings is 1. The van der Waals surface area contributed by atoms with E-state index >= 15 is 0 Å².